The van der Waals surface area contributed by atoms with Gasteiger partial charge in [0.25, 0.3) is 0 Å². The van der Waals surface area contributed by atoms with Crippen molar-refractivity contribution in [1.82, 2.24) is 4.90 Å². The topological polar surface area (TPSA) is 29.5 Å². The van der Waals surface area contributed by atoms with Crippen LogP contribution in [0.25, 0.3) is 0 Å². The molecule has 0 bridgehead atoms. The summed E-state index contributed by atoms with van der Waals surface area (Å²) >= 11 is 0. The highest BCUT2D eigenvalue weighted by atomic mass is 19.2. The standard InChI is InChI=1S/C16H21F2NO2/c1-2-19(11-12-5-4-10-21-12)9-8-15(20)13-6-3-7-14(17)16(13)18/h3,6-7,12H,2,4-5,8-11H2,1H3. The minimum Gasteiger partial charge on any atom is -0.377 e. The van der Waals surface area contributed by atoms with Gasteiger partial charge in [0.15, 0.2) is 17.4 Å². The fourth-order valence-electron chi connectivity index (χ4n) is 2.57. The van der Waals surface area contributed by atoms with Crippen molar-refractivity contribution >= 4 is 5.78 Å². The van der Waals surface area contributed by atoms with Crippen LogP contribution in [0, 0.1) is 11.6 Å². The maximum absolute atomic E-state index is 13.6. The highest BCUT2D eigenvalue weighted by Gasteiger charge is 2.20. The van der Waals surface area contributed by atoms with Crippen LogP contribution in [-0.4, -0.2) is 43.0 Å². The Kier molecular flexibility index (Phi) is 5.82. The summed E-state index contributed by atoms with van der Waals surface area (Å²) < 4.78 is 32.3. The first-order valence-electron chi connectivity index (χ1n) is 7.43. The summed E-state index contributed by atoms with van der Waals surface area (Å²) in [4.78, 5) is 14.1. The van der Waals surface area contributed by atoms with Crippen molar-refractivity contribution in [1.29, 1.82) is 0 Å². The van der Waals surface area contributed by atoms with Crippen LogP contribution in [0.2, 0.25) is 0 Å². The van der Waals surface area contributed by atoms with Crippen LogP contribution in [0.3, 0.4) is 0 Å². The van der Waals surface area contributed by atoms with Gasteiger partial charge in [-0.05, 0) is 31.5 Å². The normalized spacial score (nSPS) is 18.4. The van der Waals surface area contributed by atoms with Crippen molar-refractivity contribution < 1.29 is 18.3 Å². The van der Waals surface area contributed by atoms with Crippen LogP contribution in [0.4, 0.5) is 8.78 Å². The third-order valence-electron chi connectivity index (χ3n) is 3.84. The van der Waals surface area contributed by atoms with Gasteiger partial charge in [-0.25, -0.2) is 8.78 Å². The van der Waals surface area contributed by atoms with Gasteiger partial charge in [-0.3, -0.25) is 4.79 Å². The van der Waals surface area contributed by atoms with E-state index in [1.54, 1.807) is 0 Å². The SMILES string of the molecule is CCN(CCC(=O)c1cccc(F)c1F)CC1CCCO1. The van der Waals surface area contributed by atoms with Crippen molar-refractivity contribution in [2.24, 2.45) is 0 Å². The zero-order valence-electron chi connectivity index (χ0n) is 12.3. The zero-order chi connectivity index (χ0) is 15.2. The lowest BCUT2D eigenvalue weighted by atomic mass is 10.1. The van der Waals surface area contributed by atoms with Crippen molar-refractivity contribution in [2.45, 2.75) is 32.3 Å². The fraction of sp³-hybridized carbons (Fsp3) is 0.562. The van der Waals surface area contributed by atoms with Crippen molar-refractivity contribution in [3.05, 3.63) is 35.4 Å². The van der Waals surface area contributed by atoms with Crippen LogP contribution in [0.1, 0.15) is 36.5 Å². The molecule has 0 aromatic heterocycles. The van der Waals surface area contributed by atoms with Gasteiger partial charge in [0.2, 0.25) is 0 Å². The highest BCUT2D eigenvalue weighted by Crippen LogP contribution is 2.15. The average Bonchev–Trinajstić information content (AvgIpc) is 2.99. The summed E-state index contributed by atoms with van der Waals surface area (Å²) in [6.07, 6.45) is 2.53. The molecule has 1 aromatic carbocycles. The molecule has 116 valence electrons. The van der Waals surface area contributed by atoms with Crippen LogP contribution in [0.5, 0.6) is 0 Å². The number of likely N-dealkylation sites (N-methyl/N-ethyl adjacent to an activating group) is 1. The van der Waals surface area contributed by atoms with Crippen molar-refractivity contribution in [3.8, 4) is 0 Å². The predicted octanol–water partition coefficient (Wildman–Crippen LogP) is 3.04. The predicted molar refractivity (Wildman–Crippen MR) is 76.4 cm³/mol. The molecule has 0 radical (unpaired) electrons. The summed E-state index contributed by atoms with van der Waals surface area (Å²) in [6.45, 7) is 4.94. The first kappa shape index (κ1) is 16.0. The molecule has 1 heterocycles. The number of benzene rings is 1. The van der Waals surface area contributed by atoms with E-state index in [1.807, 2.05) is 6.92 Å². The van der Waals surface area contributed by atoms with Crippen molar-refractivity contribution in [2.75, 3.05) is 26.2 Å². The summed E-state index contributed by atoms with van der Waals surface area (Å²) in [7, 11) is 0. The molecule has 21 heavy (non-hydrogen) atoms. The Balaban J connectivity index is 1.88. The lowest BCUT2D eigenvalue weighted by Crippen LogP contribution is -2.33. The van der Waals surface area contributed by atoms with Crippen molar-refractivity contribution in [3.63, 3.8) is 0 Å². The number of nitrogens with zero attached hydrogens (tertiary/aromatic N) is 1. The second-order valence-electron chi connectivity index (χ2n) is 5.30. The third-order valence-corrected chi connectivity index (χ3v) is 3.84. The number of rotatable bonds is 7. The second-order valence-corrected chi connectivity index (χ2v) is 5.30. The van der Waals surface area contributed by atoms with Crippen LogP contribution < -0.4 is 0 Å². The molecular weight excluding hydrogens is 276 g/mol. The molecule has 0 aliphatic carbocycles. The van der Waals surface area contributed by atoms with Crippen LogP contribution >= 0.6 is 0 Å². The Labute approximate surface area is 123 Å². The van der Waals surface area contributed by atoms with Gasteiger partial charge < -0.3 is 9.64 Å². The maximum atomic E-state index is 13.6. The Bertz CT molecular complexity index is 487. The number of ketones is 1. The molecule has 5 heteroatoms. The fourth-order valence-corrected chi connectivity index (χ4v) is 2.57. The Morgan fingerprint density at radius 2 is 2.24 bits per heavy atom. The van der Waals surface area contributed by atoms with Gasteiger partial charge in [-0.1, -0.05) is 13.0 Å². The molecular formula is C16H21F2NO2. The summed E-state index contributed by atoms with van der Waals surface area (Å²) in [5, 5.41) is 0. The minimum atomic E-state index is -1.05. The molecule has 2 rings (SSSR count). The molecule has 1 atom stereocenters. The molecule has 1 aliphatic heterocycles. The average molecular weight is 297 g/mol. The Hall–Kier alpha value is -1.33. The van der Waals surface area contributed by atoms with Gasteiger partial charge >= 0.3 is 0 Å². The molecule has 1 fully saturated rings. The number of halogens is 2. The van der Waals surface area contributed by atoms with Crippen LogP contribution in [0.15, 0.2) is 18.2 Å². The van der Waals surface area contributed by atoms with Gasteiger partial charge in [-0.2, -0.15) is 0 Å². The second kappa shape index (κ2) is 7.61. The molecule has 0 N–H and O–H groups in total. The molecule has 1 aromatic rings. The smallest absolute Gasteiger partial charge is 0.169 e. The van der Waals surface area contributed by atoms with E-state index in [0.717, 1.165) is 38.6 Å². The molecule has 0 amide bonds. The van der Waals surface area contributed by atoms with E-state index in [1.165, 1.54) is 12.1 Å². The number of hydrogen-bond acceptors (Lipinski definition) is 3. The maximum Gasteiger partial charge on any atom is 0.169 e. The van der Waals surface area contributed by atoms with Gasteiger partial charge in [0.1, 0.15) is 0 Å². The minimum absolute atomic E-state index is 0.164. The molecule has 1 aliphatic rings. The number of ether oxygens (including phenoxy) is 1. The molecule has 0 spiro atoms. The molecule has 3 nitrogen and oxygen atoms in total. The quantitative estimate of drug-likeness (QED) is 0.725. The summed E-state index contributed by atoms with van der Waals surface area (Å²) in [5.74, 6) is -2.39. The van der Waals surface area contributed by atoms with E-state index in [-0.39, 0.29) is 23.9 Å². The molecule has 1 unspecified atom stereocenters. The van der Waals surface area contributed by atoms with E-state index in [0.29, 0.717) is 6.54 Å². The van der Waals surface area contributed by atoms with E-state index < -0.39 is 11.6 Å². The lowest BCUT2D eigenvalue weighted by Gasteiger charge is -2.23. The number of carbonyl (C=O) groups excluding carboxylic acids is 1. The zero-order valence-corrected chi connectivity index (χ0v) is 12.3. The lowest BCUT2D eigenvalue weighted by molar-refractivity contribution is 0.0719. The molecule has 0 saturated carbocycles. The first-order chi connectivity index (χ1) is 10.1. The van der Waals surface area contributed by atoms with Crippen LogP contribution in [-0.2, 0) is 4.74 Å². The first-order valence-corrected chi connectivity index (χ1v) is 7.43. The molecule has 1 saturated heterocycles. The largest absolute Gasteiger partial charge is 0.377 e. The van der Waals surface area contributed by atoms with E-state index in [2.05, 4.69) is 4.90 Å². The number of hydrogen-bond donors (Lipinski definition) is 0. The number of carbonyl (C=O) groups is 1. The van der Waals surface area contributed by atoms with Gasteiger partial charge in [0.05, 0.1) is 11.7 Å². The number of Topliss-reactive ketones (excluding diaryl/α,β-unsaturated/α-hetero) is 1. The Morgan fingerprint density at radius 1 is 1.43 bits per heavy atom. The summed E-state index contributed by atoms with van der Waals surface area (Å²) in [6, 6.07) is 3.70. The third kappa shape index (κ3) is 4.32. The van der Waals surface area contributed by atoms with E-state index >= 15 is 0 Å². The van der Waals surface area contributed by atoms with E-state index in [4.69, 9.17) is 4.74 Å². The van der Waals surface area contributed by atoms with Gasteiger partial charge in [-0.15, -0.1) is 0 Å². The Morgan fingerprint density at radius 3 is 2.90 bits per heavy atom. The van der Waals surface area contributed by atoms with E-state index in [9.17, 15) is 13.6 Å². The monoisotopic (exact) mass is 297 g/mol. The highest BCUT2D eigenvalue weighted by molar-refractivity contribution is 5.96. The van der Waals surface area contributed by atoms with Gasteiger partial charge in [0, 0.05) is 26.1 Å². The summed E-state index contributed by atoms with van der Waals surface area (Å²) in [5.41, 5.74) is -0.164.